The highest BCUT2D eigenvalue weighted by atomic mass is 32.2. The van der Waals surface area contributed by atoms with Crippen LogP contribution in [0.25, 0.3) is 22.2 Å². The van der Waals surface area contributed by atoms with Gasteiger partial charge in [0.15, 0.2) is 5.82 Å². The van der Waals surface area contributed by atoms with E-state index < -0.39 is 19.9 Å². The Morgan fingerprint density at radius 1 is 1.02 bits per heavy atom. The third-order valence-corrected chi connectivity index (χ3v) is 10.8. The van der Waals surface area contributed by atoms with Crippen molar-refractivity contribution in [3.8, 4) is 11.4 Å². The van der Waals surface area contributed by atoms with Crippen LogP contribution in [0.5, 0.6) is 0 Å². The summed E-state index contributed by atoms with van der Waals surface area (Å²) in [7, 11) is -6.53. The van der Waals surface area contributed by atoms with Crippen molar-refractivity contribution in [1.29, 1.82) is 0 Å². The molecule has 0 radical (unpaired) electrons. The van der Waals surface area contributed by atoms with Gasteiger partial charge in [0.1, 0.15) is 27.3 Å². The van der Waals surface area contributed by atoms with Crippen LogP contribution in [-0.2, 0) is 19.9 Å². The number of aromatic nitrogens is 6. The SMILES string of the molecule is CC(C)c1cnc(N2C[C@H](CS(C)(=O)=O)[C@H]2C)c2cnc(Nc3ccnc(-c4cnn(S(=O)(=O)C5CC5)c4)n3)cc12. The Bertz CT molecular complexity index is 1850. The Labute approximate surface area is 239 Å². The number of sulfone groups is 1. The predicted octanol–water partition coefficient (Wildman–Crippen LogP) is 3.36. The van der Waals surface area contributed by atoms with Crippen LogP contribution in [0.2, 0.25) is 0 Å². The lowest BCUT2D eigenvalue weighted by molar-refractivity contribution is 0.339. The lowest BCUT2D eigenvalue weighted by atomic mass is 9.90. The molecule has 14 heteroatoms. The van der Waals surface area contributed by atoms with E-state index in [1.165, 1.54) is 18.6 Å². The number of anilines is 3. The van der Waals surface area contributed by atoms with E-state index in [2.05, 4.69) is 44.1 Å². The molecule has 0 spiro atoms. The van der Waals surface area contributed by atoms with Crippen molar-refractivity contribution in [3.05, 3.63) is 48.7 Å². The summed E-state index contributed by atoms with van der Waals surface area (Å²) in [4.78, 5) is 20.4. The zero-order chi connectivity index (χ0) is 29.1. The molecular formula is C27H32N8O4S2. The number of hydrogen-bond acceptors (Lipinski definition) is 11. The monoisotopic (exact) mass is 596 g/mol. The zero-order valence-electron chi connectivity index (χ0n) is 23.3. The summed E-state index contributed by atoms with van der Waals surface area (Å²) in [5.41, 5.74) is 1.57. The van der Waals surface area contributed by atoms with Crippen LogP contribution in [-0.4, -0.2) is 75.8 Å². The van der Waals surface area contributed by atoms with Crippen LogP contribution in [0, 0.1) is 5.92 Å². The lowest BCUT2D eigenvalue weighted by Crippen LogP contribution is -2.57. The second-order valence-corrected chi connectivity index (χ2v) is 15.5. The van der Waals surface area contributed by atoms with Crippen molar-refractivity contribution < 1.29 is 16.8 Å². The second kappa shape index (κ2) is 10.0. The molecule has 2 aliphatic rings. The van der Waals surface area contributed by atoms with Gasteiger partial charge in [0, 0.05) is 48.7 Å². The standard InChI is InChI=1S/C27H32N8O4S2/c1-16(2)22-11-30-27(34-13-19(17(34)3)15-40(4,36)37)23-12-29-25(9-21(22)23)32-24-7-8-28-26(33-24)18-10-31-35(14-18)41(38,39)20-5-6-20/h7-12,14,16-17,19-20H,5-6,13,15H2,1-4H3,(H,28,29,32,33)/t17-,19-/m1/s1. The molecule has 1 N–H and O–H groups in total. The van der Waals surface area contributed by atoms with Crippen molar-refractivity contribution >= 4 is 48.1 Å². The molecule has 2 fully saturated rings. The first-order valence-electron chi connectivity index (χ1n) is 13.5. The van der Waals surface area contributed by atoms with Gasteiger partial charge < -0.3 is 10.2 Å². The van der Waals surface area contributed by atoms with Gasteiger partial charge in [0.05, 0.1) is 29.0 Å². The number of pyridine rings is 2. The molecular weight excluding hydrogens is 564 g/mol. The highest BCUT2D eigenvalue weighted by Crippen LogP contribution is 2.38. The van der Waals surface area contributed by atoms with Crippen molar-refractivity contribution in [2.75, 3.05) is 28.8 Å². The fourth-order valence-electron chi connectivity index (χ4n) is 5.22. The smallest absolute Gasteiger partial charge is 0.256 e. The average Bonchev–Trinajstić information content (AvgIpc) is 3.66. The van der Waals surface area contributed by atoms with Crippen LogP contribution < -0.4 is 10.2 Å². The minimum absolute atomic E-state index is 0.0474. The van der Waals surface area contributed by atoms with Crippen LogP contribution >= 0.6 is 0 Å². The minimum atomic E-state index is -3.48. The van der Waals surface area contributed by atoms with Gasteiger partial charge in [-0.25, -0.2) is 36.8 Å². The van der Waals surface area contributed by atoms with E-state index in [0.717, 1.165) is 26.2 Å². The summed E-state index contributed by atoms with van der Waals surface area (Å²) in [6, 6.07) is 3.73. The normalized spacial score (nSPS) is 19.5. The average molecular weight is 597 g/mol. The molecule has 0 unspecified atom stereocenters. The summed E-state index contributed by atoms with van der Waals surface area (Å²) in [5.74, 6) is 2.67. The fraction of sp³-hybridized carbons (Fsp3) is 0.444. The molecule has 1 aliphatic carbocycles. The Morgan fingerprint density at radius 3 is 2.49 bits per heavy atom. The van der Waals surface area contributed by atoms with Crippen molar-refractivity contribution in [2.24, 2.45) is 5.92 Å². The minimum Gasteiger partial charge on any atom is -0.353 e. The molecule has 4 aromatic rings. The molecule has 2 atom stereocenters. The molecule has 1 saturated heterocycles. The number of nitrogens with one attached hydrogen (secondary N) is 1. The molecule has 1 aliphatic heterocycles. The quantitative estimate of drug-likeness (QED) is 0.303. The molecule has 1 saturated carbocycles. The summed E-state index contributed by atoms with van der Waals surface area (Å²) < 4.78 is 49.7. The van der Waals surface area contributed by atoms with Crippen LogP contribution in [0.4, 0.5) is 17.5 Å². The fourth-order valence-corrected chi connectivity index (χ4v) is 7.86. The Balaban J connectivity index is 1.28. The largest absolute Gasteiger partial charge is 0.353 e. The van der Waals surface area contributed by atoms with Gasteiger partial charge in [-0.1, -0.05) is 13.8 Å². The van der Waals surface area contributed by atoms with E-state index in [4.69, 9.17) is 4.98 Å². The second-order valence-electron chi connectivity index (χ2n) is 11.3. The maximum atomic E-state index is 12.5. The summed E-state index contributed by atoms with van der Waals surface area (Å²) in [5, 5.41) is 8.82. The first-order valence-corrected chi connectivity index (χ1v) is 17.1. The van der Waals surface area contributed by atoms with E-state index in [9.17, 15) is 16.8 Å². The number of hydrogen-bond donors (Lipinski definition) is 1. The summed E-state index contributed by atoms with van der Waals surface area (Å²) >= 11 is 0. The van der Waals surface area contributed by atoms with Crippen molar-refractivity contribution in [1.82, 2.24) is 29.1 Å². The van der Waals surface area contributed by atoms with Gasteiger partial charge in [0.2, 0.25) is 0 Å². The molecule has 12 nitrogen and oxygen atoms in total. The molecule has 41 heavy (non-hydrogen) atoms. The third kappa shape index (κ3) is 5.37. The molecule has 6 rings (SSSR count). The highest BCUT2D eigenvalue weighted by Gasteiger charge is 2.39. The molecule has 4 aromatic heterocycles. The number of rotatable bonds is 9. The van der Waals surface area contributed by atoms with E-state index in [1.807, 2.05) is 19.2 Å². The van der Waals surface area contributed by atoms with Crippen molar-refractivity contribution in [2.45, 2.75) is 50.8 Å². The van der Waals surface area contributed by atoms with Crippen LogP contribution in [0.1, 0.15) is 45.1 Å². The molecule has 216 valence electrons. The molecule has 0 amide bonds. The Hall–Kier alpha value is -3.65. The van der Waals surface area contributed by atoms with Gasteiger partial charge in [-0.05, 0) is 48.8 Å². The maximum absolute atomic E-state index is 12.5. The van der Waals surface area contributed by atoms with E-state index in [0.29, 0.717) is 42.4 Å². The molecule has 0 aromatic carbocycles. The first-order chi connectivity index (χ1) is 19.4. The molecule has 0 bridgehead atoms. The Kier molecular flexibility index (Phi) is 6.72. The number of fused-ring (bicyclic) bond motifs is 1. The maximum Gasteiger partial charge on any atom is 0.256 e. The highest BCUT2D eigenvalue weighted by molar-refractivity contribution is 7.90. The van der Waals surface area contributed by atoms with Gasteiger partial charge in [0.25, 0.3) is 10.0 Å². The molecule has 5 heterocycles. The van der Waals surface area contributed by atoms with Crippen molar-refractivity contribution in [3.63, 3.8) is 0 Å². The van der Waals surface area contributed by atoms with Crippen LogP contribution in [0.3, 0.4) is 0 Å². The van der Waals surface area contributed by atoms with Crippen LogP contribution in [0.15, 0.2) is 43.1 Å². The van der Waals surface area contributed by atoms with Gasteiger partial charge >= 0.3 is 0 Å². The summed E-state index contributed by atoms with van der Waals surface area (Å²) in [6.45, 7) is 6.88. The lowest BCUT2D eigenvalue weighted by Gasteiger charge is -2.47. The van der Waals surface area contributed by atoms with E-state index >= 15 is 0 Å². The first kappa shape index (κ1) is 27.5. The third-order valence-electron chi connectivity index (χ3n) is 7.73. The predicted molar refractivity (Wildman–Crippen MR) is 158 cm³/mol. The van der Waals surface area contributed by atoms with Gasteiger partial charge in [-0.2, -0.15) is 9.19 Å². The van der Waals surface area contributed by atoms with E-state index in [1.54, 1.807) is 18.5 Å². The summed E-state index contributed by atoms with van der Waals surface area (Å²) in [6.07, 6.45) is 10.8. The van der Waals surface area contributed by atoms with Gasteiger partial charge in [-0.15, -0.1) is 0 Å². The zero-order valence-corrected chi connectivity index (χ0v) is 24.9. The van der Waals surface area contributed by atoms with E-state index in [-0.39, 0.29) is 28.9 Å². The topological polar surface area (TPSA) is 153 Å². The van der Waals surface area contributed by atoms with Gasteiger partial charge in [-0.3, -0.25) is 0 Å². The Morgan fingerprint density at radius 2 is 1.80 bits per heavy atom. The number of nitrogens with zero attached hydrogens (tertiary/aromatic N) is 7.